The van der Waals surface area contributed by atoms with Gasteiger partial charge in [0.2, 0.25) is 0 Å². The van der Waals surface area contributed by atoms with E-state index in [1.165, 1.54) is 0 Å². The van der Waals surface area contributed by atoms with E-state index in [-0.39, 0.29) is 0 Å². The molecule has 1 heterocycles. The van der Waals surface area contributed by atoms with E-state index < -0.39 is 20.0 Å². The van der Waals surface area contributed by atoms with E-state index >= 15 is 0 Å². The Balaban J connectivity index is 3.35. The smallest absolute Gasteiger partial charge is 0.224 e. The number of allylic oxidation sites excluding steroid dienone is 1. The van der Waals surface area contributed by atoms with Crippen molar-refractivity contribution in [3.05, 3.63) is 23.3 Å². The minimum absolute atomic E-state index is 0.439. The molecule has 3 nitrogen and oxygen atoms in total. The Kier molecular flexibility index (Phi) is 2.56. The Hall–Kier alpha value is -0.720. The van der Waals surface area contributed by atoms with Gasteiger partial charge in [0, 0.05) is 4.88 Å². The van der Waals surface area contributed by atoms with E-state index in [9.17, 15) is 12.8 Å². The highest BCUT2D eigenvalue weighted by atomic mass is 32.2. The zero-order valence-electron chi connectivity index (χ0n) is 6.87. The molecule has 0 radical (unpaired) electrons. The number of halogens is 1. The minimum atomic E-state index is -3.94. The van der Waals surface area contributed by atoms with Crippen LogP contribution in [0.2, 0.25) is 0 Å². The highest BCUT2D eigenvalue weighted by molar-refractivity contribution is 7.91. The molecule has 0 amide bonds. The summed E-state index contributed by atoms with van der Waals surface area (Å²) in [5, 5.41) is 4.78. The van der Waals surface area contributed by atoms with Crippen molar-refractivity contribution in [1.82, 2.24) is 0 Å². The molecule has 2 N–H and O–H groups in total. The average Bonchev–Trinajstić information content (AvgIpc) is 2.29. The Bertz CT molecular complexity index is 447. The van der Waals surface area contributed by atoms with Crippen molar-refractivity contribution in [2.45, 2.75) is 11.1 Å². The molecule has 0 aliphatic heterocycles. The lowest BCUT2D eigenvalue weighted by Gasteiger charge is -1.91. The van der Waals surface area contributed by atoms with Gasteiger partial charge in [0.1, 0.15) is 0 Å². The Morgan fingerprint density at radius 2 is 2.23 bits per heavy atom. The summed E-state index contributed by atoms with van der Waals surface area (Å²) >= 11 is 0.787. The van der Waals surface area contributed by atoms with Gasteiger partial charge in [-0.1, -0.05) is 6.58 Å². The van der Waals surface area contributed by atoms with Crippen molar-refractivity contribution < 1.29 is 12.8 Å². The summed E-state index contributed by atoms with van der Waals surface area (Å²) in [4.78, 5) is 0.488. The van der Waals surface area contributed by atoms with Crippen LogP contribution in [-0.4, -0.2) is 8.42 Å². The van der Waals surface area contributed by atoms with E-state index in [1.807, 2.05) is 0 Å². The Morgan fingerprint density at radius 1 is 1.69 bits per heavy atom. The van der Waals surface area contributed by atoms with Crippen LogP contribution in [0.3, 0.4) is 0 Å². The quantitative estimate of drug-likeness (QED) is 0.824. The summed E-state index contributed by atoms with van der Waals surface area (Å²) in [5.41, 5.74) is 0.610. The second-order valence-corrected chi connectivity index (χ2v) is 5.38. The molecule has 1 aromatic heterocycles. The van der Waals surface area contributed by atoms with Gasteiger partial charge in [0.05, 0.1) is 0 Å². The van der Waals surface area contributed by atoms with Gasteiger partial charge in [-0.05, 0) is 18.6 Å². The number of rotatable bonds is 2. The summed E-state index contributed by atoms with van der Waals surface area (Å²) in [6.45, 7) is 5.23. The monoisotopic (exact) mass is 221 g/mol. The molecule has 0 unspecified atom stereocenters. The second-order valence-electron chi connectivity index (χ2n) is 2.57. The molecule has 0 saturated carbocycles. The molecule has 6 heteroatoms. The van der Waals surface area contributed by atoms with Crippen LogP contribution in [0.5, 0.6) is 0 Å². The van der Waals surface area contributed by atoms with Crippen molar-refractivity contribution in [3.63, 3.8) is 0 Å². The van der Waals surface area contributed by atoms with E-state index in [0.717, 1.165) is 17.4 Å². The van der Waals surface area contributed by atoms with Crippen LogP contribution in [0.25, 0.3) is 5.57 Å². The van der Waals surface area contributed by atoms with E-state index in [4.69, 9.17) is 5.14 Å². The van der Waals surface area contributed by atoms with Gasteiger partial charge >= 0.3 is 0 Å². The van der Waals surface area contributed by atoms with Crippen molar-refractivity contribution in [2.24, 2.45) is 5.14 Å². The Morgan fingerprint density at radius 3 is 2.46 bits per heavy atom. The molecular formula is C7H8FNO2S2. The molecule has 0 aromatic carbocycles. The van der Waals surface area contributed by atoms with Gasteiger partial charge in [-0.25, -0.2) is 17.9 Å². The van der Waals surface area contributed by atoms with E-state index in [1.54, 1.807) is 6.92 Å². The van der Waals surface area contributed by atoms with Crippen LogP contribution in [0.15, 0.2) is 16.9 Å². The van der Waals surface area contributed by atoms with Gasteiger partial charge in [-0.2, -0.15) is 0 Å². The molecule has 0 fully saturated rings. The van der Waals surface area contributed by atoms with Crippen molar-refractivity contribution >= 4 is 26.9 Å². The topological polar surface area (TPSA) is 60.2 Å². The molecule has 72 valence electrons. The maximum absolute atomic E-state index is 13.0. The number of sulfonamides is 1. The molecule has 1 rings (SSSR count). The van der Waals surface area contributed by atoms with E-state index in [2.05, 4.69) is 6.58 Å². The number of hydrogen-bond acceptors (Lipinski definition) is 3. The third-order valence-corrected chi connectivity index (χ3v) is 4.06. The number of hydrogen-bond donors (Lipinski definition) is 1. The van der Waals surface area contributed by atoms with Crippen LogP contribution in [0.1, 0.15) is 11.8 Å². The maximum Gasteiger partial charge on any atom is 0.250 e. The lowest BCUT2D eigenvalue weighted by molar-refractivity contribution is 0.577. The molecular weight excluding hydrogens is 213 g/mol. The number of nitrogens with two attached hydrogens (primary N) is 1. The van der Waals surface area contributed by atoms with Crippen molar-refractivity contribution in [3.8, 4) is 0 Å². The number of thiophene rings is 1. The van der Waals surface area contributed by atoms with Gasteiger partial charge < -0.3 is 0 Å². The highest BCUT2D eigenvalue weighted by Gasteiger charge is 2.18. The fourth-order valence-corrected chi connectivity index (χ4v) is 2.51. The van der Waals surface area contributed by atoms with Crippen LogP contribution >= 0.6 is 11.3 Å². The third kappa shape index (κ3) is 2.15. The maximum atomic E-state index is 13.0. The summed E-state index contributed by atoms with van der Waals surface area (Å²) in [6.07, 6.45) is 0. The van der Waals surface area contributed by atoms with Crippen LogP contribution in [-0.2, 0) is 10.0 Å². The van der Waals surface area contributed by atoms with Crippen molar-refractivity contribution in [2.75, 3.05) is 0 Å². The average molecular weight is 221 g/mol. The third-order valence-electron chi connectivity index (χ3n) is 1.33. The largest absolute Gasteiger partial charge is 0.250 e. The van der Waals surface area contributed by atoms with Gasteiger partial charge in [0.25, 0.3) is 10.0 Å². The molecule has 0 bridgehead atoms. The molecule has 0 aliphatic carbocycles. The summed E-state index contributed by atoms with van der Waals surface area (Å²) in [5.74, 6) is -0.814. The standard InChI is InChI=1S/C7H8FNO2S2/c1-4(2)6-3-5(8)7(12-6)13(9,10)11/h3H,1H2,2H3,(H2,9,10,11). The first-order valence-electron chi connectivity index (χ1n) is 3.30. The lowest BCUT2D eigenvalue weighted by Crippen LogP contribution is -2.11. The predicted molar refractivity (Wildman–Crippen MR) is 50.4 cm³/mol. The molecule has 0 spiro atoms. The first-order chi connectivity index (χ1) is 5.82. The first-order valence-corrected chi connectivity index (χ1v) is 5.66. The number of primary sulfonamides is 1. The lowest BCUT2D eigenvalue weighted by atomic mass is 10.3. The van der Waals surface area contributed by atoms with E-state index in [0.29, 0.717) is 10.5 Å². The molecule has 1 aromatic rings. The fraction of sp³-hybridized carbons (Fsp3) is 0.143. The molecule has 13 heavy (non-hydrogen) atoms. The van der Waals surface area contributed by atoms with Gasteiger partial charge in [-0.3, -0.25) is 0 Å². The normalized spacial score (nSPS) is 11.6. The van der Waals surface area contributed by atoms with Crippen molar-refractivity contribution in [1.29, 1.82) is 0 Å². The zero-order valence-corrected chi connectivity index (χ0v) is 8.51. The van der Waals surface area contributed by atoms with Gasteiger partial charge in [0.15, 0.2) is 10.0 Å². The predicted octanol–water partition coefficient (Wildman–Crippen LogP) is 1.57. The highest BCUT2D eigenvalue weighted by Crippen LogP contribution is 2.28. The second kappa shape index (κ2) is 3.21. The van der Waals surface area contributed by atoms with Crippen LogP contribution in [0.4, 0.5) is 4.39 Å². The summed E-state index contributed by atoms with van der Waals surface area (Å²) in [6, 6.07) is 1.12. The SMILES string of the molecule is C=C(C)c1cc(F)c(S(N)(=O)=O)s1. The van der Waals surface area contributed by atoms with Crippen LogP contribution in [0, 0.1) is 5.82 Å². The first kappa shape index (κ1) is 10.4. The van der Waals surface area contributed by atoms with Crippen LogP contribution < -0.4 is 5.14 Å². The molecule has 0 saturated heterocycles. The summed E-state index contributed by atoms with van der Waals surface area (Å²) < 4.78 is 34.2. The van der Waals surface area contributed by atoms with Gasteiger partial charge in [-0.15, -0.1) is 11.3 Å². The molecule has 0 aliphatic rings. The molecule has 0 atom stereocenters. The fourth-order valence-electron chi connectivity index (χ4n) is 0.756. The Labute approximate surface area is 79.7 Å². The summed E-state index contributed by atoms with van der Waals surface area (Å²) in [7, 11) is -3.94. The zero-order chi connectivity index (χ0) is 10.2. The minimum Gasteiger partial charge on any atom is -0.224 e.